The molecule has 0 bridgehead atoms. The van der Waals surface area contributed by atoms with E-state index in [-0.39, 0.29) is 12.5 Å². The van der Waals surface area contributed by atoms with Crippen LogP contribution in [0.2, 0.25) is 0 Å². The minimum Gasteiger partial charge on any atom is -0.481 e. The molecule has 1 aliphatic rings. The first kappa shape index (κ1) is 10.4. The number of aliphatic imine (C=N–C) groups is 1. The minimum atomic E-state index is -0.774. The van der Waals surface area contributed by atoms with Gasteiger partial charge in [0, 0.05) is 11.8 Å². The Bertz CT molecular complexity index is 218. The first-order chi connectivity index (χ1) is 6.18. The Morgan fingerprint density at radius 1 is 1.85 bits per heavy atom. The molecule has 0 fully saturated rings. The Kier molecular flexibility index (Phi) is 4.08. The molecule has 1 atom stereocenters. The first-order valence-electron chi connectivity index (χ1n) is 4.28. The van der Waals surface area contributed by atoms with E-state index in [2.05, 4.69) is 10.3 Å². The van der Waals surface area contributed by atoms with Crippen molar-refractivity contribution < 1.29 is 9.90 Å². The lowest BCUT2D eigenvalue weighted by Crippen LogP contribution is -2.37. The molecule has 4 nitrogen and oxygen atoms in total. The van der Waals surface area contributed by atoms with E-state index in [0.29, 0.717) is 0 Å². The lowest BCUT2D eigenvalue weighted by atomic mass is 10.2. The molecular weight excluding hydrogens is 188 g/mol. The molecule has 0 aromatic heterocycles. The van der Waals surface area contributed by atoms with Crippen LogP contribution in [0.4, 0.5) is 0 Å². The van der Waals surface area contributed by atoms with Crippen LogP contribution in [0.5, 0.6) is 0 Å². The van der Waals surface area contributed by atoms with E-state index in [4.69, 9.17) is 5.11 Å². The summed E-state index contributed by atoms with van der Waals surface area (Å²) in [7, 11) is 0. The number of rotatable bonds is 3. The van der Waals surface area contributed by atoms with Crippen LogP contribution in [0.1, 0.15) is 13.3 Å². The zero-order valence-corrected chi connectivity index (χ0v) is 8.43. The molecule has 0 amide bonds. The molecule has 1 aliphatic heterocycles. The van der Waals surface area contributed by atoms with E-state index in [1.54, 1.807) is 0 Å². The molecule has 0 aromatic rings. The molecule has 0 spiro atoms. The van der Waals surface area contributed by atoms with Gasteiger partial charge in [-0.3, -0.25) is 9.79 Å². The van der Waals surface area contributed by atoms with E-state index in [1.807, 2.05) is 18.7 Å². The van der Waals surface area contributed by atoms with E-state index < -0.39 is 5.97 Å². The third-order valence-electron chi connectivity index (χ3n) is 1.67. The normalized spacial score (nSPS) is 19.0. The molecule has 1 rings (SSSR count). The minimum absolute atomic E-state index is 0.0325. The van der Waals surface area contributed by atoms with Crippen molar-refractivity contribution in [3.8, 4) is 0 Å². The predicted molar refractivity (Wildman–Crippen MR) is 54.5 cm³/mol. The maximum Gasteiger partial charge on any atom is 0.305 e. The first-order valence-corrected chi connectivity index (χ1v) is 5.43. The smallest absolute Gasteiger partial charge is 0.305 e. The molecule has 1 unspecified atom stereocenters. The summed E-state index contributed by atoms with van der Waals surface area (Å²) < 4.78 is 0. The number of aliphatic carboxylic acids is 1. The largest absolute Gasteiger partial charge is 0.481 e. The van der Waals surface area contributed by atoms with Crippen molar-refractivity contribution in [3.63, 3.8) is 0 Å². The molecule has 2 N–H and O–H groups in total. The molecule has 13 heavy (non-hydrogen) atoms. The van der Waals surface area contributed by atoms with Crippen molar-refractivity contribution in [1.82, 2.24) is 5.32 Å². The maximum absolute atomic E-state index is 10.4. The average Bonchev–Trinajstić information content (AvgIpc) is 2.04. The number of carbonyl (C=O) groups is 1. The van der Waals surface area contributed by atoms with Gasteiger partial charge in [-0.25, -0.2) is 0 Å². The van der Waals surface area contributed by atoms with Crippen LogP contribution in [0.25, 0.3) is 0 Å². The maximum atomic E-state index is 10.4. The molecular formula is C8H14N2O2S. The Hall–Kier alpha value is -0.710. The second-order valence-corrected chi connectivity index (χ2v) is 4.13. The summed E-state index contributed by atoms with van der Waals surface area (Å²) in [6, 6.07) is -0.0325. The van der Waals surface area contributed by atoms with E-state index in [0.717, 1.165) is 23.9 Å². The average molecular weight is 202 g/mol. The third-order valence-corrected chi connectivity index (χ3v) is 2.62. The van der Waals surface area contributed by atoms with Gasteiger partial charge in [-0.2, -0.15) is 11.8 Å². The number of nitrogens with one attached hydrogen (secondary N) is 1. The van der Waals surface area contributed by atoms with Crippen LogP contribution >= 0.6 is 11.8 Å². The predicted octanol–water partition coefficient (Wildman–Crippen LogP) is 0.584. The highest BCUT2D eigenvalue weighted by molar-refractivity contribution is 8.00. The highest BCUT2D eigenvalue weighted by Gasteiger charge is 2.11. The van der Waals surface area contributed by atoms with Crippen LogP contribution in [0.3, 0.4) is 0 Å². The van der Waals surface area contributed by atoms with Gasteiger partial charge in [0.15, 0.2) is 0 Å². The van der Waals surface area contributed by atoms with Gasteiger partial charge in [-0.15, -0.1) is 0 Å². The van der Waals surface area contributed by atoms with Crippen LogP contribution in [-0.2, 0) is 4.79 Å². The summed E-state index contributed by atoms with van der Waals surface area (Å²) >= 11 is 1.82. The van der Waals surface area contributed by atoms with Crippen molar-refractivity contribution in [2.75, 3.05) is 18.1 Å². The number of hydrogen-bond donors (Lipinski definition) is 2. The highest BCUT2D eigenvalue weighted by Crippen LogP contribution is 2.06. The number of thioether (sulfide) groups is 1. The summed E-state index contributed by atoms with van der Waals surface area (Å²) in [5, 5.41) is 11.6. The van der Waals surface area contributed by atoms with Gasteiger partial charge in [0.05, 0.1) is 18.7 Å². The molecule has 0 aliphatic carbocycles. The fraction of sp³-hybridized carbons (Fsp3) is 0.750. The van der Waals surface area contributed by atoms with Gasteiger partial charge < -0.3 is 10.4 Å². The van der Waals surface area contributed by atoms with Gasteiger partial charge in [-0.05, 0) is 6.92 Å². The van der Waals surface area contributed by atoms with Crippen molar-refractivity contribution >= 4 is 23.6 Å². The summed E-state index contributed by atoms with van der Waals surface area (Å²) in [4.78, 5) is 14.6. The summed E-state index contributed by atoms with van der Waals surface area (Å²) in [5.74, 6) is 2.11. The number of nitrogens with zero attached hydrogens (tertiary/aromatic N) is 1. The number of amidine groups is 1. The van der Waals surface area contributed by atoms with Crippen molar-refractivity contribution in [3.05, 3.63) is 0 Å². The van der Waals surface area contributed by atoms with Crippen LogP contribution < -0.4 is 5.32 Å². The fourth-order valence-electron chi connectivity index (χ4n) is 1.14. The lowest BCUT2D eigenvalue weighted by Gasteiger charge is -2.17. The zero-order chi connectivity index (χ0) is 9.68. The molecule has 74 valence electrons. The van der Waals surface area contributed by atoms with Crippen LogP contribution in [0.15, 0.2) is 4.99 Å². The van der Waals surface area contributed by atoms with Crippen molar-refractivity contribution in [2.24, 2.45) is 4.99 Å². The van der Waals surface area contributed by atoms with E-state index >= 15 is 0 Å². The molecule has 5 heteroatoms. The van der Waals surface area contributed by atoms with Gasteiger partial charge in [0.25, 0.3) is 0 Å². The van der Waals surface area contributed by atoms with Gasteiger partial charge in [-0.1, -0.05) is 0 Å². The fourth-order valence-corrected chi connectivity index (χ4v) is 1.88. The second kappa shape index (κ2) is 5.11. The van der Waals surface area contributed by atoms with Gasteiger partial charge >= 0.3 is 5.97 Å². The molecule has 0 saturated heterocycles. The Morgan fingerprint density at radius 3 is 3.15 bits per heavy atom. The van der Waals surface area contributed by atoms with Crippen LogP contribution in [-0.4, -0.2) is 41.0 Å². The molecule has 1 heterocycles. The molecule has 0 aromatic carbocycles. The van der Waals surface area contributed by atoms with E-state index in [9.17, 15) is 4.79 Å². The Morgan fingerprint density at radius 2 is 2.62 bits per heavy atom. The van der Waals surface area contributed by atoms with Crippen molar-refractivity contribution in [2.45, 2.75) is 19.4 Å². The SMILES string of the molecule is CC(CC(=O)O)NC1=NCCSC1. The monoisotopic (exact) mass is 202 g/mol. The molecule has 0 saturated carbocycles. The van der Waals surface area contributed by atoms with E-state index in [1.165, 1.54) is 0 Å². The van der Waals surface area contributed by atoms with Crippen LogP contribution in [0, 0.1) is 0 Å². The summed E-state index contributed by atoms with van der Waals surface area (Å²) in [6.07, 6.45) is 0.143. The number of carboxylic acid groups (broad SMARTS) is 1. The lowest BCUT2D eigenvalue weighted by molar-refractivity contribution is -0.137. The zero-order valence-electron chi connectivity index (χ0n) is 7.62. The summed E-state index contributed by atoms with van der Waals surface area (Å²) in [5.41, 5.74) is 0. The third kappa shape index (κ3) is 4.17. The highest BCUT2D eigenvalue weighted by atomic mass is 32.2. The Labute approximate surface area is 81.8 Å². The van der Waals surface area contributed by atoms with Gasteiger partial charge in [0.1, 0.15) is 5.84 Å². The standard InChI is InChI=1S/C8H14N2O2S/c1-6(4-8(11)12)10-7-5-13-3-2-9-7/h6H,2-5H2,1H3,(H,9,10)(H,11,12). The van der Waals surface area contributed by atoms with Crippen molar-refractivity contribution in [1.29, 1.82) is 0 Å². The quantitative estimate of drug-likeness (QED) is 0.703. The topological polar surface area (TPSA) is 61.7 Å². The Balaban J connectivity index is 2.30. The number of carboxylic acids is 1. The number of hydrogen-bond acceptors (Lipinski definition) is 4. The second-order valence-electron chi connectivity index (χ2n) is 3.02. The summed E-state index contributed by atoms with van der Waals surface area (Å²) in [6.45, 7) is 2.70. The van der Waals surface area contributed by atoms with Gasteiger partial charge in [0.2, 0.25) is 0 Å². The molecule has 0 radical (unpaired) electrons.